The zero-order valence-electron chi connectivity index (χ0n) is 16.0. The molecule has 0 saturated carbocycles. The molecule has 128 valence electrons. The van der Waals surface area contributed by atoms with Crippen LogP contribution in [0.3, 0.4) is 0 Å². The van der Waals surface area contributed by atoms with Crippen LogP contribution >= 0.6 is 0 Å². The highest BCUT2D eigenvalue weighted by Gasteiger charge is 2.39. The Hall–Kier alpha value is 0.314. The molecule has 0 radical (unpaired) electrons. The van der Waals surface area contributed by atoms with Gasteiger partial charge in [-0.25, -0.2) is 0 Å². The summed E-state index contributed by atoms with van der Waals surface area (Å²) in [5.41, 5.74) is -0.323. The van der Waals surface area contributed by atoms with Crippen molar-refractivity contribution in [2.75, 3.05) is 13.2 Å². The van der Waals surface area contributed by atoms with Crippen LogP contribution in [0.15, 0.2) is 0 Å². The molecular formula is C16H38O3Si2. The van der Waals surface area contributed by atoms with Gasteiger partial charge in [-0.1, -0.05) is 41.5 Å². The van der Waals surface area contributed by atoms with E-state index in [4.69, 9.17) is 8.85 Å². The van der Waals surface area contributed by atoms with E-state index < -0.39 is 18.1 Å². The lowest BCUT2D eigenvalue weighted by molar-refractivity contribution is -0.0113. The minimum Gasteiger partial charge on any atom is -0.418 e. The van der Waals surface area contributed by atoms with Crippen molar-refractivity contribution in [3.05, 3.63) is 0 Å². The van der Waals surface area contributed by atoms with Crippen LogP contribution in [0.4, 0.5) is 0 Å². The Morgan fingerprint density at radius 2 is 1.48 bits per heavy atom. The average molecular weight is 335 g/mol. The van der Waals surface area contributed by atoms with E-state index in [2.05, 4.69) is 68.5 Å². The highest BCUT2D eigenvalue weighted by atomic mass is 28.4. The van der Waals surface area contributed by atoms with Gasteiger partial charge < -0.3 is 14.0 Å². The molecule has 0 rings (SSSR count). The molecule has 1 N–H and O–H groups in total. The van der Waals surface area contributed by atoms with Crippen molar-refractivity contribution in [3.63, 3.8) is 0 Å². The van der Waals surface area contributed by atoms with Crippen molar-refractivity contribution in [2.45, 2.75) is 84.2 Å². The highest BCUT2D eigenvalue weighted by Crippen LogP contribution is 2.37. The van der Waals surface area contributed by atoms with Crippen LogP contribution in [-0.2, 0) is 8.85 Å². The van der Waals surface area contributed by atoms with E-state index in [1.165, 1.54) is 0 Å². The molecule has 0 fully saturated rings. The summed E-state index contributed by atoms with van der Waals surface area (Å²) in [4.78, 5) is 0. The standard InChI is InChI=1S/C16H38O3Si2/c1-14(2,3)20-19-16(7,8)13(11-17)12-18-21(9,10)15(4,5)6/h13,17H,11-12,20H2,1-10H3. The number of aliphatic hydroxyl groups excluding tert-OH is 1. The van der Waals surface area contributed by atoms with E-state index in [1.807, 2.05) is 0 Å². The lowest BCUT2D eigenvalue weighted by atomic mass is 9.93. The molecule has 1 atom stereocenters. The Kier molecular flexibility index (Phi) is 7.37. The van der Waals surface area contributed by atoms with Crippen molar-refractivity contribution in [3.8, 4) is 0 Å². The Morgan fingerprint density at radius 3 is 1.81 bits per heavy atom. The van der Waals surface area contributed by atoms with Crippen LogP contribution in [0.25, 0.3) is 0 Å². The first-order valence-electron chi connectivity index (χ1n) is 8.01. The second-order valence-corrected chi connectivity index (χ2v) is 16.9. The van der Waals surface area contributed by atoms with Gasteiger partial charge in [-0.2, -0.15) is 0 Å². The van der Waals surface area contributed by atoms with Gasteiger partial charge in [0.15, 0.2) is 18.1 Å². The summed E-state index contributed by atoms with van der Waals surface area (Å²) >= 11 is 0. The largest absolute Gasteiger partial charge is 0.418 e. The van der Waals surface area contributed by atoms with Gasteiger partial charge in [0, 0.05) is 12.5 Å². The van der Waals surface area contributed by atoms with Crippen LogP contribution in [0.5, 0.6) is 0 Å². The quantitative estimate of drug-likeness (QED) is 0.721. The first-order valence-corrected chi connectivity index (χ1v) is 12.2. The van der Waals surface area contributed by atoms with E-state index in [1.54, 1.807) is 0 Å². The highest BCUT2D eigenvalue weighted by molar-refractivity contribution is 6.74. The van der Waals surface area contributed by atoms with Crippen LogP contribution < -0.4 is 0 Å². The smallest absolute Gasteiger partial charge is 0.191 e. The van der Waals surface area contributed by atoms with Crippen molar-refractivity contribution in [2.24, 2.45) is 5.92 Å². The lowest BCUT2D eigenvalue weighted by Gasteiger charge is -2.41. The van der Waals surface area contributed by atoms with Gasteiger partial charge in [0.05, 0.1) is 12.2 Å². The molecule has 0 aliphatic rings. The maximum atomic E-state index is 9.76. The summed E-state index contributed by atoms with van der Waals surface area (Å²) in [6.07, 6.45) is 0. The number of aliphatic hydroxyl groups is 1. The molecule has 0 aromatic heterocycles. The predicted octanol–water partition coefficient (Wildman–Crippen LogP) is 3.71. The van der Waals surface area contributed by atoms with Gasteiger partial charge in [0.2, 0.25) is 0 Å². The monoisotopic (exact) mass is 334 g/mol. The Labute approximate surface area is 135 Å². The topological polar surface area (TPSA) is 38.7 Å². The molecule has 0 aromatic rings. The van der Waals surface area contributed by atoms with E-state index in [0.29, 0.717) is 6.61 Å². The molecule has 0 bridgehead atoms. The van der Waals surface area contributed by atoms with E-state index >= 15 is 0 Å². The Balaban J connectivity index is 4.71. The van der Waals surface area contributed by atoms with Gasteiger partial charge in [-0.15, -0.1) is 0 Å². The fraction of sp³-hybridized carbons (Fsp3) is 1.00. The van der Waals surface area contributed by atoms with Crippen LogP contribution in [0.1, 0.15) is 55.4 Å². The van der Waals surface area contributed by atoms with Gasteiger partial charge in [0.1, 0.15) is 0 Å². The van der Waals surface area contributed by atoms with Gasteiger partial charge in [-0.05, 0) is 37.0 Å². The summed E-state index contributed by atoms with van der Waals surface area (Å²) in [5.74, 6) is 0.0291. The molecule has 21 heavy (non-hydrogen) atoms. The number of hydrogen-bond donors (Lipinski definition) is 1. The van der Waals surface area contributed by atoms with Gasteiger partial charge in [0.25, 0.3) is 0 Å². The second-order valence-electron chi connectivity index (χ2n) is 9.40. The minimum absolute atomic E-state index is 0.0291. The summed E-state index contributed by atoms with van der Waals surface area (Å²) in [7, 11) is -2.42. The molecule has 0 saturated heterocycles. The van der Waals surface area contributed by atoms with Crippen molar-refractivity contribution in [1.29, 1.82) is 0 Å². The minimum atomic E-state index is -1.78. The molecule has 1 unspecified atom stereocenters. The normalized spacial score (nSPS) is 16.7. The third-order valence-corrected chi connectivity index (χ3v) is 10.8. The van der Waals surface area contributed by atoms with Gasteiger partial charge >= 0.3 is 0 Å². The second kappa shape index (κ2) is 7.26. The molecule has 5 heteroatoms. The SMILES string of the molecule is CC(C)(C)[SiH2]OC(C)(C)C(CO)CO[Si](C)(C)C(C)(C)C. The third-order valence-electron chi connectivity index (χ3n) is 4.53. The fourth-order valence-electron chi connectivity index (χ4n) is 1.52. The van der Waals surface area contributed by atoms with E-state index in [-0.39, 0.29) is 28.2 Å². The van der Waals surface area contributed by atoms with Crippen LogP contribution in [-0.4, -0.2) is 42.0 Å². The van der Waals surface area contributed by atoms with Crippen molar-refractivity contribution >= 4 is 18.1 Å². The third kappa shape index (κ3) is 7.41. The molecular weight excluding hydrogens is 296 g/mol. The van der Waals surface area contributed by atoms with Crippen LogP contribution in [0, 0.1) is 5.92 Å². The molecule has 0 aliphatic carbocycles. The Bertz CT molecular complexity index is 314. The molecule has 0 spiro atoms. The lowest BCUT2D eigenvalue weighted by Crippen LogP contribution is -2.47. The number of hydrogen-bond acceptors (Lipinski definition) is 3. The van der Waals surface area contributed by atoms with Crippen molar-refractivity contribution < 1.29 is 14.0 Å². The van der Waals surface area contributed by atoms with E-state index in [0.717, 1.165) is 0 Å². The first-order chi connectivity index (χ1) is 9.12. The summed E-state index contributed by atoms with van der Waals surface area (Å²) < 4.78 is 12.5. The van der Waals surface area contributed by atoms with Gasteiger partial charge in [-0.3, -0.25) is 0 Å². The molecule has 0 amide bonds. The number of rotatable bonds is 7. The fourth-order valence-corrected chi connectivity index (χ4v) is 3.61. The summed E-state index contributed by atoms with van der Waals surface area (Å²) in [5, 5.41) is 10.2. The predicted molar refractivity (Wildman–Crippen MR) is 97.1 cm³/mol. The molecule has 0 heterocycles. The molecule has 3 nitrogen and oxygen atoms in total. The zero-order chi connectivity index (χ0) is 17.1. The first kappa shape index (κ1) is 21.3. The maximum Gasteiger partial charge on any atom is 0.191 e. The maximum absolute atomic E-state index is 9.76. The Morgan fingerprint density at radius 1 is 1.00 bits per heavy atom. The zero-order valence-corrected chi connectivity index (χ0v) is 18.4. The summed E-state index contributed by atoms with van der Waals surface area (Å²) in [6, 6.07) is 0. The summed E-state index contributed by atoms with van der Waals surface area (Å²) in [6.45, 7) is 22.7. The molecule has 0 aliphatic heterocycles. The van der Waals surface area contributed by atoms with E-state index in [9.17, 15) is 5.11 Å². The van der Waals surface area contributed by atoms with Crippen LogP contribution in [0.2, 0.25) is 23.2 Å². The average Bonchev–Trinajstić information content (AvgIpc) is 2.24. The molecule has 0 aromatic carbocycles. The van der Waals surface area contributed by atoms with Crippen molar-refractivity contribution in [1.82, 2.24) is 0 Å².